The molecule has 0 spiro atoms. The fraction of sp³-hybridized carbons (Fsp3) is 0.0556. The van der Waals surface area contributed by atoms with Crippen molar-refractivity contribution >= 4 is 28.4 Å². The monoisotopic (exact) mass is 352 g/mol. The molecule has 0 unspecified atom stereocenters. The van der Waals surface area contributed by atoms with Crippen molar-refractivity contribution in [3.63, 3.8) is 0 Å². The second kappa shape index (κ2) is 6.69. The average Bonchev–Trinajstić information content (AvgIpc) is 2.66. The fourth-order valence-corrected chi connectivity index (χ4v) is 2.82. The van der Waals surface area contributed by atoms with Gasteiger partial charge in [-0.2, -0.15) is 0 Å². The predicted molar refractivity (Wildman–Crippen MR) is 96.9 cm³/mol. The number of para-hydroxylation sites is 1. The number of hydrogen-bond donors (Lipinski definition) is 4. The molecule has 0 fully saturated rings. The summed E-state index contributed by atoms with van der Waals surface area (Å²) in [5, 5.41) is 12.4. The van der Waals surface area contributed by atoms with Crippen LogP contribution < -0.4 is 22.1 Å². The highest BCUT2D eigenvalue weighted by atomic mass is 16.5. The number of nitrogens with one attached hydrogen (secondary N) is 2. The number of nitrogens with zero attached hydrogens (tertiary/aromatic N) is 1. The van der Waals surface area contributed by atoms with E-state index >= 15 is 0 Å². The summed E-state index contributed by atoms with van der Waals surface area (Å²) in [5.41, 5.74) is 8.12. The highest BCUT2D eigenvalue weighted by Gasteiger charge is 2.17. The van der Waals surface area contributed by atoms with Gasteiger partial charge in [0.05, 0.1) is 11.2 Å². The summed E-state index contributed by atoms with van der Waals surface area (Å²) in [7, 11) is 1.72. The van der Waals surface area contributed by atoms with E-state index in [9.17, 15) is 14.4 Å². The average molecular weight is 352 g/mol. The standard InChI is InChI=1S/C18H16N4O4/c1-20-14-4-2-3-11-9-13(16(19)23)18(25)22(15(11)14)12-7-5-10(6-8-12)17(24)21-26/h2-9,20,26H,1H3,(H2,19,23)(H,21,24). The summed E-state index contributed by atoms with van der Waals surface area (Å²) < 4.78 is 1.36. The van der Waals surface area contributed by atoms with Crippen molar-refractivity contribution in [2.75, 3.05) is 12.4 Å². The van der Waals surface area contributed by atoms with Crippen molar-refractivity contribution in [3.8, 4) is 5.69 Å². The van der Waals surface area contributed by atoms with E-state index in [1.54, 1.807) is 42.9 Å². The minimum atomic E-state index is -0.822. The van der Waals surface area contributed by atoms with Crippen LogP contribution in [0.5, 0.6) is 0 Å². The maximum atomic E-state index is 12.9. The van der Waals surface area contributed by atoms with Gasteiger partial charge in [0.1, 0.15) is 5.56 Å². The van der Waals surface area contributed by atoms with Crippen molar-refractivity contribution in [3.05, 3.63) is 70.0 Å². The number of amides is 2. The van der Waals surface area contributed by atoms with Crippen LogP contribution in [0.1, 0.15) is 20.7 Å². The smallest absolute Gasteiger partial charge is 0.274 e. The first-order valence-electron chi connectivity index (χ1n) is 7.69. The van der Waals surface area contributed by atoms with Gasteiger partial charge in [-0.3, -0.25) is 24.2 Å². The molecule has 132 valence electrons. The Morgan fingerprint density at radius 3 is 2.38 bits per heavy atom. The molecule has 0 radical (unpaired) electrons. The topological polar surface area (TPSA) is 126 Å². The molecule has 1 aromatic heterocycles. The molecule has 0 aliphatic rings. The van der Waals surface area contributed by atoms with E-state index in [1.165, 1.54) is 22.8 Å². The van der Waals surface area contributed by atoms with Crippen molar-refractivity contribution in [1.82, 2.24) is 10.0 Å². The van der Waals surface area contributed by atoms with Gasteiger partial charge < -0.3 is 11.1 Å². The number of pyridine rings is 1. The molecular weight excluding hydrogens is 336 g/mol. The van der Waals surface area contributed by atoms with E-state index in [1.807, 2.05) is 0 Å². The van der Waals surface area contributed by atoms with E-state index in [0.717, 1.165) is 0 Å². The first kappa shape index (κ1) is 17.2. The Labute approximate surface area is 147 Å². The predicted octanol–water partition coefficient (Wildman–Crippen LogP) is 1.25. The van der Waals surface area contributed by atoms with Gasteiger partial charge in [0.15, 0.2) is 0 Å². The summed E-state index contributed by atoms with van der Waals surface area (Å²) in [4.78, 5) is 36.1. The van der Waals surface area contributed by atoms with Gasteiger partial charge in [-0.05, 0) is 36.4 Å². The fourth-order valence-electron chi connectivity index (χ4n) is 2.82. The maximum Gasteiger partial charge on any atom is 0.274 e. The highest BCUT2D eigenvalue weighted by molar-refractivity contribution is 6.00. The number of hydrogen-bond acceptors (Lipinski definition) is 5. The molecule has 0 saturated heterocycles. The lowest BCUT2D eigenvalue weighted by molar-refractivity contribution is 0.0706. The first-order chi connectivity index (χ1) is 12.5. The molecule has 0 atom stereocenters. The summed E-state index contributed by atoms with van der Waals surface area (Å²) in [6, 6.07) is 12.8. The molecule has 3 aromatic rings. The minimum Gasteiger partial charge on any atom is -0.386 e. The molecule has 0 saturated carbocycles. The van der Waals surface area contributed by atoms with Gasteiger partial charge in [-0.1, -0.05) is 12.1 Å². The van der Waals surface area contributed by atoms with Crippen LogP contribution in [0.2, 0.25) is 0 Å². The van der Waals surface area contributed by atoms with Gasteiger partial charge in [0.25, 0.3) is 17.4 Å². The Bertz CT molecular complexity index is 1070. The second-order valence-electron chi connectivity index (χ2n) is 5.54. The van der Waals surface area contributed by atoms with Gasteiger partial charge in [0, 0.05) is 23.7 Å². The molecule has 3 rings (SSSR count). The number of benzene rings is 2. The number of anilines is 1. The number of rotatable bonds is 4. The number of fused-ring (bicyclic) bond motifs is 1. The SMILES string of the molecule is CNc1cccc2cc(C(N)=O)c(=O)n(-c3ccc(C(=O)NO)cc3)c12. The zero-order valence-electron chi connectivity index (χ0n) is 13.8. The largest absolute Gasteiger partial charge is 0.386 e. The van der Waals surface area contributed by atoms with E-state index in [2.05, 4.69) is 5.32 Å². The Morgan fingerprint density at radius 1 is 1.12 bits per heavy atom. The lowest BCUT2D eigenvalue weighted by atomic mass is 10.1. The molecule has 2 aromatic carbocycles. The van der Waals surface area contributed by atoms with Crippen LogP contribution in [0.25, 0.3) is 16.6 Å². The van der Waals surface area contributed by atoms with Crippen molar-refractivity contribution in [2.24, 2.45) is 5.73 Å². The van der Waals surface area contributed by atoms with Crippen molar-refractivity contribution in [1.29, 1.82) is 0 Å². The quantitative estimate of drug-likeness (QED) is 0.415. The second-order valence-corrected chi connectivity index (χ2v) is 5.54. The van der Waals surface area contributed by atoms with E-state index < -0.39 is 17.4 Å². The zero-order valence-corrected chi connectivity index (χ0v) is 13.8. The number of aromatic nitrogens is 1. The van der Waals surface area contributed by atoms with Crippen LogP contribution in [0.3, 0.4) is 0 Å². The lowest BCUT2D eigenvalue weighted by Gasteiger charge is -2.15. The molecule has 5 N–H and O–H groups in total. The van der Waals surface area contributed by atoms with Crippen LogP contribution in [-0.4, -0.2) is 28.6 Å². The molecular formula is C18H16N4O4. The van der Waals surface area contributed by atoms with Crippen LogP contribution in [0.4, 0.5) is 5.69 Å². The lowest BCUT2D eigenvalue weighted by Crippen LogP contribution is -2.29. The summed E-state index contributed by atoms with van der Waals surface area (Å²) in [5.74, 6) is -1.49. The third-order valence-electron chi connectivity index (χ3n) is 4.05. The number of hydroxylamine groups is 1. The molecule has 8 heteroatoms. The third-order valence-corrected chi connectivity index (χ3v) is 4.05. The van der Waals surface area contributed by atoms with Gasteiger partial charge in [-0.25, -0.2) is 5.48 Å². The Balaban J connectivity index is 2.36. The Morgan fingerprint density at radius 2 is 1.81 bits per heavy atom. The summed E-state index contributed by atoms with van der Waals surface area (Å²) in [6.07, 6.45) is 0. The van der Waals surface area contributed by atoms with Gasteiger partial charge in [0.2, 0.25) is 0 Å². The molecule has 1 heterocycles. The van der Waals surface area contributed by atoms with Crippen LogP contribution in [0, 0.1) is 0 Å². The molecule has 0 bridgehead atoms. The van der Waals surface area contributed by atoms with E-state index in [4.69, 9.17) is 10.9 Å². The molecule has 26 heavy (non-hydrogen) atoms. The number of nitrogens with two attached hydrogens (primary N) is 1. The molecule has 8 nitrogen and oxygen atoms in total. The zero-order chi connectivity index (χ0) is 18.8. The van der Waals surface area contributed by atoms with Crippen molar-refractivity contribution in [2.45, 2.75) is 0 Å². The summed E-state index contributed by atoms with van der Waals surface area (Å²) >= 11 is 0. The Kier molecular flexibility index (Phi) is 4.42. The van der Waals surface area contributed by atoms with Crippen LogP contribution >= 0.6 is 0 Å². The van der Waals surface area contributed by atoms with Crippen LogP contribution in [-0.2, 0) is 0 Å². The van der Waals surface area contributed by atoms with Gasteiger partial charge in [-0.15, -0.1) is 0 Å². The molecule has 0 aliphatic heterocycles. The first-order valence-corrected chi connectivity index (χ1v) is 7.69. The minimum absolute atomic E-state index is 0.136. The Hall–Kier alpha value is -3.65. The number of carbonyl (C=O) groups is 2. The van der Waals surface area contributed by atoms with Gasteiger partial charge >= 0.3 is 0 Å². The normalized spacial score (nSPS) is 10.5. The van der Waals surface area contributed by atoms with Crippen LogP contribution in [0.15, 0.2) is 53.3 Å². The third kappa shape index (κ3) is 2.78. The number of primary amides is 1. The van der Waals surface area contributed by atoms with E-state index in [0.29, 0.717) is 22.3 Å². The summed E-state index contributed by atoms with van der Waals surface area (Å²) in [6.45, 7) is 0. The van der Waals surface area contributed by atoms with Crippen molar-refractivity contribution < 1.29 is 14.8 Å². The van der Waals surface area contributed by atoms with E-state index in [-0.39, 0.29) is 11.1 Å². The molecule has 2 amide bonds. The highest BCUT2D eigenvalue weighted by Crippen LogP contribution is 2.25. The molecule has 0 aliphatic carbocycles. The maximum absolute atomic E-state index is 12.9. The number of carbonyl (C=O) groups excluding carboxylic acids is 2.